The smallest absolute Gasteiger partial charge is 0.336 e. The van der Waals surface area contributed by atoms with Gasteiger partial charge in [0.05, 0.1) is 11.0 Å². The van der Waals surface area contributed by atoms with Crippen molar-refractivity contribution in [2.45, 2.75) is 38.0 Å². The second kappa shape index (κ2) is 5.70. The van der Waals surface area contributed by atoms with Crippen LogP contribution in [-0.4, -0.2) is 37.4 Å². The largest absolute Gasteiger partial charge is 0.423 e. The highest BCUT2D eigenvalue weighted by Gasteiger charge is 2.29. The molecule has 24 heavy (non-hydrogen) atoms. The Labute approximate surface area is 141 Å². The third-order valence-corrected chi connectivity index (χ3v) is 7.38. The maximum Gasteiger partial charge on any atom is 0.336 e. The molecule has 1 aromatic heterocycles. The van der Waals surface area contributed by atoms with Crippen molar-refractivity contribution in [3.8, 4) is 0 Å². The third kappa shape index (κ3) is 2.78. The zero-order valence-electron chi connectivity index (χ0n) is 13.7. The van der Waals surface area contributed by atoms with Crippen LogP contribution in [0.5, 0.6) is 0 Å². The number of benzene rings is 1. The summed E-state index contributed by atoms with van der Waals surface area (Å²) in [5.41, 5.74) is 3.86. The van der Waals surface area contributed by atoms with Crippen molar-refractivity contribution < 1.29 is 12.8 Å². The topological polar surface area (TPSA) is 67.6 Å². The van der Waals surface area contributed by atoms with Gasteiger partial charge in [0.25, 0.3) is 0 Å². The van der Waals surface area contributed by atoms with E-state index in [-0.39, 0.29) is 16.6 Å². The zero-order chi connectivity index (χ0) is 16.9. The average Bonchev–Trinajstić information content (AvgIpc) is 2.96. The summed E-state index contributed by atoms with van der Waals surface area (Å²) in [6.07, 6.45) is 3.26. The fraction of sp³-hybridized carbons (Fsp3) is 0.500. The van der Waals surface area contributed by atoms with E-state index >= 15 is 0 Å². The van der Waals surface area contributed by atoms with Gasteiger partial charge in [-0.15, -0.1) is 0 Å². The maximum atomic E-state index is 11.9. The number of nitrogens with zero attached hydrogens (tertiary/aromatic N) is 1. The highest BCUT2D eigenvalue weighted by Crippen LogP contribution is 2.29. The summed E-state index contributed by atoms with van der Waals surface area (Å²) in [6.45, 7) is 3.36. The van der Waals surface area contributed by atoms with E-state index in [1.807, 2.05) is 6.07 Å². The minimum atomic E-state index is -2.97. The molecule has 2 aliphatic rings. The lowest BCUT2D eigenvalue weighted by Gasteiger charge is -2.30. The molecule has 2 aromatic rings. The lowest BCUT2D eigenvalue weighted by molar-refractivity contribution is 0.270. The van der Waals surface area contributed by atoms with E-state index in [1.165, 1.54) is 11.1 Å². The predicted molar refractivity (Wildman–Crippen MR) is 93.0 cm³/mol. The van der Waals surface area contributed by atoms with Crippen LogP contribution >= 0.6 is 0 Å². The molecule has 1 atom stereocenters. The van der Waals surface area contributed by atoms with Crippen molar-refractivity contribution in [2.24, 2.45) is 0 Å². The van der Waals surface area contributed by atoms with Crippen molar-refractivity contribution >= 4 is 20.8 Å². The number of aryl methyl sites for hydroxylation is 2. The molecule has 1 aliphatic carbocycles. The molecule has 0 amide bonds. The average molecular weight is 347 g/mol. The molecule has 1 aliphatic heterocycles. The second-order valence-electron chi connectivity index (χ2n) is 6.97. The van der Waals surface area contributed by atoms with Gasteiger partial charge in [0.1, 0.15) is 5.58 Å². The van der Waals surface area contributed by atoms with Gasteiger partial charge in [-0.05, 0) is 55.0 Å². The van der Waals surface area contributed by atoms with Gasteiger partial charge < -0.3 is 4.42 Å². The van der Waals surface area contributed by atoms with Gasteiger partial charge in [-0.25, -0.2) is 13.2 Å². The Bertz CT molecular complexity index is 961. The van der Waals surface area contributed by atoms with Gasteiger partial charge >= 0.3 is 5.63 Å². The first-order valence-corrected chi connectivity index (χ1v) is 10.2. The Morgan fingerprint density at radius 2 is 1.96 bits per heavy atom. The molecule has 0 spiro atoms. The number of fused-ring (bicyclic) bond motifs is 2. The van der Waals surface area contributed by atoms with E-state index < -0.39 is 9.84 Å². The van der Waals surface area contributed by atoms with E-state index in [2.05, 4.69) is 11.0 Å². The Hall–Kier alpha value is -1.66. The molecule has 1 unspecified atom stereocenters. The van der Waals surface area contributed by atoms with Gasteiger partial charge in [0.2, 0.25) is 0 Å². The molecule has 1 fully saturated rings. The SMILES string of the molecule is CC1CN(Cc2cc(=O)oc3cc4c(cc23)CCC4)CCS1(=O)=O. The quantitative estimate of drug-likeness (QED) is 0.776. The standard InChI is InChI=1S/C18H21NO4S/c1-12-10-19(5-6-24(12,21)22)11-15-9-18(20)23-17-8-14-4-2-3-13(14)7-16(15)17/h7-9,12H,2-6,10-11H2,1H3. The van der Waals surface area contributed by atoms with Crippen LogP contribution in [0.2, 0.25) is 0 Å². The highest BCUT2D eigenvalue weighted by molar-refractivity contribution is 7.92. The zero-order valence-corrected chi connectivity index (χ0v) is 14.6. The molecule has 0 N–H and O–H groups in total. The summed E-state index contributed by atoms with van der Waals surface area (Å²) >= 11 is 0. The van der Waals surface area contributed by atoms with E-state index in [0.29, 0.717) is 25.2 Å². The Kier molecular flexibility index (Phi) is 3.77. The van der Waals surface area contributed by atoms with Crippen LogP contribution in [0.4, 0.5) is 0 Å². The second-order valence-corrected chi connectivity index (χ2v) is 9.51. The monoisotopic (exact) mass is 347 g/mol. The van der Waals surface area contributed by atoms with E-state index in [9.17, 15) is 13.2 Å². The number of rotatable bonds is 2. The van der Waals surface area contributed by atoms with Crippen molar-refractivity contribution in [1.82, 2.24) is 4.90 Å². The normalized spacial score (nSPS) is 23.5. The predicted octanol–water partition coefficient (Wildman–Crippen LogP) is 1.90. The van der Waals surface area contributed by atoms with Crippen molar-refractivity contribution in [2.75, 3.05) is 18.8 Å². The summed E-state index contributed by atoms with van der Waals surface area (Å²) in [5.74, 6) is 0.183. The van der Waals surface area contributed by atoms with Crippen LogP contribution in [0.15, 0.2) is 27.4 Å². The van der Waals surface area contributed by atoms with E-state index in [1.54, 1.807) is 13.0 Å². The summed E-state index contributed by atoms with van der Waals surface area (Å²) in [7, 11) is -2.97. The van der Waals surface area contributed by atoms with Crippen molar-refractivity contribution in [3.63, 3.8) is 0 Å². The van der Waals surface area contributed by atoms with Crippen LogP contribution in [0.25, 0.3) is 11.0 Å². The third-order valence-electron chi connectivity index (χ3n) is 5.26. The molecule has 4 rings (SSSR count). The van der Waals surface area contributed by atoms with E-state index in [4.69, 9.17) is 4.42 Å². The summed E-state index contributed by atoms with van der Waals surface area (Å²) in [6, 6.07) is 5.71. The lowest BCUT2D eigenvalue weighted by Crippen LogP contribution is -2.45. The molecular formula is C18H21NO4S. The molecule has 128 valence electrons. The molecule has 1 saturated heterocycles. The molecule has 6 heteroatoms. The molecule has 0 bridgehead atoms. The molecule has 1 aromatic carbocycles. The van der Waals surface area contributed by atoms with Gasteiger partial charge in [-0.3, -0.25) is 4.90 Å². The first-order valence-electron chi connectivity index (χ1n) is 8.45. The Balaban J connectivity index is 1.70. The van der Waals surface area contributed by atoms with Gasteiger partial charge in [-0.2, -0.15) is 0 Å². The van der Waals surface area contributed by atoms with Crippen LogP contribution < -0.4 is 5.63 Å². The summed E-state index contributed by atoms with van der Waals surface area (Å²) in [5, 5.41) is 0.623. The fourth-order valence-electron chi connectivity index (χ4n) is 3.84. The highest BCUT2D eigenvalue weighted by atomic mass is 32.2. The molecule has 0 radical (unpaired) electrons. The lowest BCUT2D eigenvalue weighted by atomic mass is 10.0. The van der Waals surface area contributed by atoms with Crippen molar-refractivity contribution in [3.05, 3.63) is 45.3 Å². The maximum absolute atomic E-state index is 11.9. The molecular weight excluding hydrogens is 326 g/mol. The van der Waals surface area contributed by atoms with Crippen LogP contribution in [0.3, 0.4) is 0 Å². The molecule has 0 saturated carbocycles. The number of sulfone groups is 1. The summed E-state index contributed by atoms with van der Waals surface area (Å²) < 4.78 is 29.2. The van der Waals surface area contributed by atoms with E-state index in [0.717, 1.165) is 30.2 Å². The van der Waals surface area contributed by atoms with Gasteiger partial charge in [0, 0.05) is 31.1 Å². The first kappa shape index (κ1) is 15.8. The molecule has 5 nitrogen and oxygen atoms in total. The number of hydrogen-bond donors (Lipinski definition) is 0. The minimum absolute atomic E-state index is 0.183. The van der Waals surface area contributed by atoms with Gasteiger partial charge in [-0.1, -0.05) is 0 Å². The van der Waals surface area contributed by atoms with Gasteiger partial charge in [0.15, 0.2) is 9.84 Å². The Morgan fingerprint density at radius 1 is 1.21 bits per heavy atom. The minimum Gasteiger partial charge on any atom is -0.423 e. The fourth-order valence-corrected chi connectivity index (χ4v) is 5.19. The Morgan fingerprint density at radius 3 is 2.71 bits per heavy atom. The number of hydrogen-bond acceptors (Lipinski definition) is 5. The van der Waals surface area contributed by atoms with Crippen molar-refractivity contribution in [1.29, 1.82) is 0 Å². The van der Waals surface area contributed by atoms with Crippen LogP contribution in [-0.2, 0) is 29.2 Å². The molecule has 2 heterocycles. The first-order chi connectivity index (χ1) is 11.4. The summed E-state index contributed by atoms with van der Waals surface area (Å²) in [4.78, 5) is 14.1. The van der Waals surface area contributed by atoms with Crippen LogP contribution in [0.1, 0.15) is 30.0 Å². The van der Waals surface area contributed by atoms with Crippen LogP contribution in [0, 0.1) is 0 Å².